The number of nitrogens with two attached hydrogens (primary N) is 1. The zero-order chi connectivity index (χ0) is 16.6. The Hall–Kier alpha value is -0.850. The van der Waals surface area contributed by atoms with Crippen molar-refractivity contribution in [1.82, 2.24) is 19.7 Å². The smallest absolute Gasteiger partial charge is 0.147 e. The van der Waals surface area contributed by atoms with E-state index in [1.165, 1.54) is 18.4 Å². The van der Waals surface area contributed by atoms with Crippen LogP contribution in [0.5, 0.6) is 0 Å². The van der Waals surface area contributed by atoms with Crippen molar-refractivity contribution in [3.63, 3.8) is 0 Å². The number of benzene rings is 1. The first-order valence-electron chi connectivity index (χ1n) is 8.77. The quantitative estimate of drug-likeness (QED) is 0.829. The van der Waals surface area contributed by atoms with Crippen molar-refractivity contribution in [2.24, 2.45) is 5.73 Å². The van der Waals surface area contributed by atoms with E-state index in [0.29, 0.717) is 12.6 Å². The van der Waals surface area contributed by atoms with E-state index in [1.807, 2.05) is 18.5 Å². The zero-order valence-electron chi connectivity index (χ0n) is 14.7. The summed E-state index contributed by atoms with van der Waals surface area (Å²) in [6, 6.07) is 8.87. The van der Waals surface area contributed by atoms with E-state index in [4.69, 9.17) is 17.3 Å². The minimum Gasteiger partial charge on any atom is -0.330 e. The van der Waals surface area contributed by atoms with Gasteiger partial charge in [-0.2, -0.15) is 0 Å². The Kier molecular flexibility index (Phi) is 7.34. The van der Waals surface area contributed by atoms with Crippen molar-refractivity contribution in [3.8, 4) is 0 Å². The Morgan fingerprint density at radius 3 is 2.65 bits per heavy atom. The molecule has 2 aromatic rings. The molecule has 5 nitrogen and oxygen atoms in total. The molecular formula is C18H26Cl3N5. The summed E-state index contributed by atoms with van der Waals surface area (Å²) in [5, 5.41) is 9.07. The molecule has 26 heavy (non-hydrogen) atoms. The van der Waals surface area contributed by atoms with Gasteiger partial charge in [0.15, 0.2) is 0 Å². The van der Waals surface area contributed by atoms with Crippen LogP contribution in [0.3, 0.4) is 0 Å². The summed E-state index contributed by atoms with van der Waals surface area (Å²) >= 11 is 6.21. The number of aromatic nitrogens is 3. The molecule has 8 heteroatoms. The van der Waals surface area contributed by atoms with Gasteiger partial charge in [-0.1, -0.05) is 23.7 Å². The predicted octanol–water partition coefficient (Wildman–Crippen LogP) is 3.43. The van der Waals surface area contributed by atoms with E-state index in [1.54, 1.807) is 0 Å². The van der Waals surface area contributed by atoms with Crippen LogP contribution < -0.4 is 5.73 Å². The normalized spacial score (nSPS) is 25.7. The van der Waals surface area contributed by atoms with Crippen LogP contribution in [0.25, 0.3) is 0 Å². The van der Waals surface area contributed by atoms with Crippen LogP contribution in [0.4, 0.5) is 0 Å². The molecule has 4 rings (SSSR count). The molecule has 2 heterocycles. The maximum Gasteiger partial charge on any atom is 0.147 e. The molecular weight excluding hydrogens is 393 g/mol. The number of hydrogen-bond acceptors (Lipinski definition) is 4. The molecule has 0 bridgehead atoms. The molecule has 1 aromatic carbocycles. The lowest BCUT2D eigenvalue weighted by Gasteiger charge is -2.44. The van der Waals surface area contributed by atoms with Gasteiger partial charge in [0.25, 0.3) is 0 Å². The van der Waals surface area contributed by atoms with Crippen LogP contribution in [-0.4, -0.2) is 38.8 Å². The lowest BCUT2D eigenvalue weighted by Crippen LogP contribution is -2.47. The Morgan fingerprint density at radius 1 is 1.19 bits per heavy atom. The largest absolute Gasteiger partial charge is 0.330 e. The highest BCUT2D eigenvalue weighted by atomic mass is 35.5. The van der Waals surface area contributed by atoms with Crippen molar-refractivity contribution in [1.29, 1.82) is 0 Å². The Morgan fingerprint density at radius 2 is 1.96 bits per heavy atom. The second kappa shape index (κ2) is 8.89. The van der Waals surface area contributed by atoms with E-state index < -0.39 is 0 Å². The SMILES string of the molecule is Cl.Cl.NC[C@]1(c2cccc(Cl)c2)CC[C@@H](N2CCn3cnnc3C2)CC1. The summed E-state index contributed by atoms with van der Waals surface area (Å²) in [7, 11) is 0. The van der Waals surface area contributed by atoms with Gasteiger partial charge in [-0.05, 0) is 43.4 Å². The van der Waals surface area contributed by atoms with E-state index >= 15 is 0 Å². The van der Waals surface area contributed by atoms with Gasteiger partial charge >= 0.3 is 0 Å². The van der Waals surface area contributed by atoms with Gasteiger partial charge in [0, 0.05) is 36.1 Å². The Bertz CT molecular complexity index is 712. The molecule has 0 amide bonds. The molecule has 0 radical (unpaired) electrons. The summed E-state index contributed by atoms with van der Waals surface area (Å²) in [5.41, 5.74) is 7.60. The van der Waals surface area contributed by atoms with Crippen molar-refractivity contribution < 1.29 is 0 Å². The van der Waals surface area contributed by atoms with Gasteiger partial charge in [0.1, 0.15) is 12.2 Å². The van der Waals surface area contributed by atoms with Gasteiger partial charge < -0.3 is 10.3 Å². The third-order valence-corrected chi connectivity index (χ3v) is 6.16. The molecule has 2 aliphatic rings. The fourth-order valence-corrected chi connectivity index (χ4v) is 4.54. The third-order valence-electron chi connectivity index (χ3n) is 5.92. The standard InChI is InChI=1S/C18H24ClN5.2ClH/c19-15-3-1-2-14(10-15)18(12-20)6-4-16(5-7-18)23-8-9-24-13-21-22-17(24)11-23;;/h1-3,10,13,16H,4-9,11-12,20H2;2*1H/t16-,18+;;. The van der Waals surface area contributed by atoms with E-state index in [2.05, 4.69) is 31.8 Å². The molecule has 2 N–H and O–H groups in total. The first-order valence-corrected chi connectivity index (χ1v) is 9.15. The molecule has 0 saturated heterocycles. The highest BCUT2D eigenvalue weighted by molar-refractivity contribution is 6.30. The summed E-state index contributed by atoms with van der Waals surface area (Å²) in [6.45, 7) is 3.68. The van der Waals surface area contributed by atoms with E-state index in [9.17, 15) is 0 Å². The molecule has 1 fully saturated rings. The third kappa shape index (κ3) is 4.02. The number of halogens is 3. The Balaban J connectivity index is 0.00000121. The van der Waals surface area contributed by atoms with Crippen LogP contribution in [0, 0.1) is 0 Å². The van der Waals surface area contributed by atoms with Crippen molar-refractivity contribution in [3.05, 3.63) is 47.0 Å². The summed E-state index contributed by atoms with van der Waals surface area (Å²) < 4.78 is 2.16. The van der Waals surface area contributed by atoms with Crippen LogP contribution in [0.1, 0.15) is 37.1 Å². The fraction of sp³-hybridized carbons (Fsp3) is 0.556. The predicted molar refractivity (Wildman–Crippen MR) is 109 cm³/mol. The lowest BCUT2D eigenvalue weighted by molar-refractivity contribution is 0.0975. The number of nitrogens with zero attached hydrogens (tertiary/aromatic N) is 4. The summed E-state index contributed by atoms with van der Waals surface area (Å²) in [4.78, 5) is 2.57. The molecule has 0 atom stereocenters. The first-order chi connectivity index (χ1) is 11.7. The molecule has 0 spiro atoms. The number of fused-ring (bicyclic) bond motifs is 1. The first kappa shape index (κ1) is 21.5. The highest BCUT2D eigenvalue weighted by Crippen LogP contribution is 2.41. The van der Waals surface area contributed by atoms with Crippen molar-refractivity contribution >= 4 is 36.4 Å². The van der Waals surface area contributed by atoms with Gasteiger partial charge in [-0.25, -0.2) is 0 Å². The maximum atomic E-state index is 6.22. The zero-order valence-corrected chi connectivity index (χ0v) is 17.1. The van der Waals surface area contributed by atoms with Crippen molar-refractivity contribution in [2.45, 2.75) is 50.2 Å². The fourth-order valence-electron chi connectivity index (χ4n) is 4.35. The minimum absolute atomic E-state index is 0. The second-order valence-corrected chi connectivity index (χ2v) is 7.57. The average molecular weight is 419 g/mol. The minimum atomic E-state index is 0. The molecule has 1 aromatic heterocycles. The van der Waals surface area contributed by atoms with Crippen LogP contribution in [-0.2, 0) is 18.5 Å². The molecule has 0 unspecified atom stereocenters. The maximum absolute atomic E-state index is 6.22. The topological polar surface area (TPSA) is 60.0 Å². The molecule has 1 aliphatic carbocycles. The van der Waals surface area contributed by atoms with Crippen LogP contribution in [0.2, 0.25) is 5.02 Å². The van der Waals surface area contributed by atoms with E-state index in [-0.39, 0.29) is 30.2 Å². The van der Waals surface area contributed by atoms with Crippen LogP contribution in [0.15, 0.2) is 30.6 Å². The monoisotopic (exact) mass is 417 g/mol. The van der Waals surface area contributed by atoms with Gasteiger partial charge in [0.05, 0.1) is 6.54 Å². The second-order valence-electron chi connectivity index (χ2n) is 7.14. The summed E-state index contributed by atoms with van der Waals surface area (Å²) in [6.07, 6.45) is 6.44. The highest BCUT2D eigenvalue weighted by Gasteiger charge is 2.38. The Labute approximate surface area is 172 Å². The lowest BCUT2D eigenvalue weighted by atomic mass is 9.68. The number of hydrogen-bond donors (Lipinski definition) is 1. The molecule has 1 aliphatic heterocycles. The van der Waals surface area contributed by atoms with Gasteiger partial charge in [-0.3, -0.25) is 4.90 Å². The van der Waals surface area contributed by atoms with Gasteiger partial charge in [-0.15, -0.1) is 35.0 Å². The summed E-state index contributed by atoms with van der Waals surface area (Å²) in [5.74, 6) is 1.09. The van der Waals surface area contributed by atoms with E-state index in [0.717, 1.165) is 43.3 Å². The molecule has 1 saturated carbocycles. The average Bonchev–Trinajstić information content (AvgIpc) is 3.09. The molecule has 144 valence electrons. The van der Waals surface area contributed by atoms with Gasteiger partial charge in [0.2, 0.25) is 0 Å². The van der Waals surface area contributed by atoms with Crippen LogP contribution >= 0.6 is 36.4 Å². The number of rotatable bonds is 3. The van der Waals surface area contributed by atoms with Crippen molar-refractivity contribution in [2.75, 3.05) is 13.1 Å².